The van der Waals surface area contributed by atoms with Gasteiger partial charge in [-0.3, -0.25) is 4.79 Å². The summed E-state index contributed by atoms with van der Waals surface area (Å²) in [4.78, 5) is 24.8. The molecule has 0 spiro atoms. The van der Waals surface area contributed by atoms with E-state index in [1.807, 2.05) is 0 Å². The molecule has 7 heteroatoms. The minimum atomic E-state index is -1.61. The molecule has 1 aliphatic carbocycles. The van der Waals surface area contributed by atoms with Crippen molar-refractivity contribution in [2.75, 3.05) is 13.2 Å². The highest BCUT2D eigenvalue weighted by Gasteiger charge is 2.53. The second-order valence-electron chi connectivity index (χ2n) is 5.84. The van der Waals surface area contributed by atoms with Gasteiger partial charge < -0.3 is 24.1 Å². The number of furan rings is 1. The Bertz CT molecular complexity index is 627. The SMILES string of the molecule is CCOC(=O)C1=C(O)C[C@](C)(O)[C@@H](C(=O)OCC)[C@H]1c1ccco1. The summed E-state index contributed by atoms with van der Waals surface area (Å²) in [6.45, 7) is 4.94. The molecule has 3 atom stereocenters. The number of aliphatic hydroxyl groups is 2. The topological polar surface area (TPSA) is 106 Å². The Morgan fingerprint density at radius 2 is 2.00 bits per heavy atom. The number of hydrogen-bond donors (Lipinski definition) is 2. The van der Waals surface area contributed by atoms with Crippen molar-refractivity contribution in [1.82, 2.24) is 0 Å². The molecule has 0 saturated carbocycles. The number of esters is 2. The molecule has 0 unspecified atom stereocenters. The predicted molar refractivity (Wildman–Crippen MR) is 83.1 cm³/mol. The van der Waals surface area contributed by atoms with Crippen LogP contribution in [0.25, 0.3) is 0 Å². The smallest absolute Gasteiger partial charge is 0.338 e. The molecule has 0 fully saturated rings. The number of rotatable bonds is 5. The fraction of sp³-hybridized carbons (Fsp3) is 0.529. The Morgan fingerprint density at radius 1 is 1.33 bits per heavy atom. The number of hydrogen-bond acceptors (Lipinski definition) is 7. The van der Waals surface area contributed by atoms with Crippen LogP contribution in [0.1, 0.15) is 38.9 Å². The van der Waals surface area contributed by atoms with Gasteiger partial charge in [-0.2, -0.15) is 0 Å². The summed E-state index contributed by atoms with van der Waals surface area (Å²) in [6.07, 6.45) is 1.13. The lowest BCUT2D eigenvalue weighted by Crippen LogP contribution is -2.49. The summed E-state index contributed by atoms with van der Waals surface area (Å²) >= 11 is 0. The highest BCUT2D eigenvalue weighted by molar-refractivity contribution is 5.93. The minimum Gasteiger partial charge on any atom is -0.512 e. The van der Waals surface area contributed by atoms with Crippen LogP contribution in [0.3, 0.4) is 0 Å². The van der Waals surface area contributed by atoms with Crippen LogP contribution in [0.15, 0.2) is 34.1 Å². The molecule has 0 aromatic carbocycles. The summed E-state index contributed by atoms with van der Waals surface area (Å²) in [5, 5.41) is 21.0. The Kier molecular flexibility index (Phi) is 5.33. The van der Waals surface area contributed by atoms with Crippen LogP contribution in [-0.4, -0.2) is 41.0 Å². The Balaban J connectivity index is 2.59. The van der Waals surface area contributed by atoms with Crippen LogP contribution in [0.4, 0.5) is 0 Å². The average molecular weight is 338 g/mol. The van der Waals surface area contributed by atoms with Crippen molar-refractivity contribution >= 4 is 11.9 Å². The molecule has 1 heterocycles. The molecular formula is C17H22O7. The van der Waals surface area contributed by atoms with E-state index in [1.165, 1.54) is 13.2 Å². The van der Waals surface area contributed by atoms with E-state index in [1.54, 1.807) is 26.0 Å². The van der Waals surface area contributed by atoms with E-state index in [2.05, 4.69) is 0 Å². The lowest BCUT2D eigenvalue weighted by atomic mass is 9.68. The predicted octanol–water partition coefficient (Wildman–Crippen LogP) is 2.07. The minimum absolute atomic E-state index is 0.0867. The van der Waals surface area contributed by atoms with Gasteiger partial charge in [-0.25, -0.2) is 4.79 Å². The van der Waals surface area contributed by atoms with Crippen molar-refractivity contribution in [3.8, 4) is 0 Å². The molecule has 24 heavy (non-hydrogen) atoms. The fourth-order valence-corrected chi connectivity index (χ4v) is 3.10. The van der Waals surface area contributed by atoms with Crippen molar-refractivity contribution in [1.29, 1.82) is 0 Å². The van der Waals surface area contributed by atoms with E-state index in [4.69, 9.17) is 13.9 Å². The van der Waals surface area contributed by atoms with Gasteiger partial charge in [0, 0.05) is 6.42 Å². The molecule has 2 rings (SSSR count). The number of aliphatic hydroxyl groups excluding tert-OH is 1. The van der Waals surface area contributed by atoms with E-state index in [0.29, 0.717) is 0 Å². The number of carbonyl (C=O) groups is 2. The molecule has 0 aliphatic heterocycles. The van der Waals surface area contributed by atoms with Gasteiger partial charge in [0.1, 0.15) is 17.4 Å². The lowest BCUT2D eigenvalue weighted by molar-refractivity contribution is -0.161. The van der Waals surface area contributed by atoms with Gasteiger partial charge in [0.25, 0.3) is 0 Å². The van der Waals surface area contributed by atoms with Gasteiger partial charge in [0.2, 0.25) is 0 Å². The zero-order chi connectivity index (χ0) is 17.9. The maximum Gasteiger partial charge on any atom is 0.338 e. The maximum absolute atomic E-state index is 12.5. The van der Waals surface area contributed by atoms with Crippen LogP contribution in [0, 0.1) is 5.92 Å². The summed E-state index contributed by atoms with van der Waals surface area (Å²) in [7, 11) is 0. The molecule has 1 aromatic rings. The Morgan fingerprint density at radius 3 is 2.54 bits per heavy atom. The van der Waals surface area contributed by atoms with Crippen molar-refractivity contribution in [2.45, 2.75) is 38.7 Å². The maximum atomic E-state index is 12.5. The largest absolute Gasteiger partial charge is 0.512 e. The number of carbonyl (C=O) groups excluding carboxylic acids is 2. The molecule has 1 aromatic heterocycles. The van der Waals surface area contributed by atoms with Crippen molar-refractivity contribution in [3.05, 3.63) is 35.5 Å². The quantitative estimate of drug-likeness (QED) is 0.792. The van der Waals surface area contributed by atoms with Gasteiger partial charge in [-0.05, 0) is 32.9 Å². The van der Waals surface area contributed by atoms with Crippen LogP contribution in [0.5, 0.6) is 0 Å². The van der Waals surface area contributed by atoms with E-state index in [0.717, 1.165) is 0 Å². The van der Waals surface area contributed by atoms with Crippen LogP contribution < -0.4 is 0 Å². The van der Waals surface area contributed by atoms with Crippen LogP contribution >= 0.6 is 0 Å². The first-order valence-corrected chi connectivity index (χ1v) is 7.85. The van der Waals surface area contributed by atoms with E-state index >= 15 is 0 Å². The van der Waals surface area contributed by atoms with E-state index in [-0.39, 0.29) is 36.7 Å². The monoisotopic (exact) mass is 338 g/mol. The molecular weight excluding hydrogens is 316 g/mol. The summed E-state index contributed by atoms with van der Waals surface area (Å²) in [5.74, 6) is -3.58. The average Bonchev–Trinajstić information content (AvgIpc) is 2.99. The van der Waals surface area contributed by atoms with Gasteiger partial charge >= 0.3 is 11.9 Å². The highest BCUT2D eigenvalue weighted by atomic mass is 16.5. The fourth-order valence-electron chi connectivity index (χ4n) is 3.10. The molecule has 132 valence electrons. The van der Waals surface area contributed by atoms with Crippen LogP contribution in [-0.2, 0) is 19.1 Å². The zero-order valence-electron chi connectivity index (χ0n) is 13.9. The molecule has 7 nitrogen and oxygen atoms in total. The van der Waals surface area contributed by atoms with Gasteiger partial charge in [-0.1, -0.05) is 0 Å². The lowest BCUT2D eigenvalue weighted by Gasteiger charge is -2.40. The molecule has 0 amide bonds. The Labute approximate surface area is 139 Å². The van der Waals surface area contributed by atoms with Crippen molar-refractivity contribution < 1.29 is 33.7 Å². The first kappa shape index (κ1) is 18.1. The molecule has 2 N–H and O–H groups in total. The highest BCUT2D eigenvalue weighted by Crippen LogP contribution is 2.47. The molecule has 1 aliphatic rings. The zero-order valence-corrected chi connectivity index (χ0v) is 13.9. The number of ether oxygens (including phenoxy) is 2. The van der Waals surface area contributed by atoms with Crippen LogP contribution in [0.2, 0.25) is 0 Å². The van der Waals surface area contributed by atoms with Gasteiger partial charge in [0.15, 0.2) is 0 Å². The standard InChI is InChI=1S/C17H22O7/c1-4-22-15(19)12-10(18)9-17(3,21)14(16(20)23-5-2)13(12)11-7-6-8-24-11/h6-8,13-14,18,21H,4-5,9H2,1-3H3/t13-,14+,17-/m0/s1. The first-order valence-electron chi connectivity index (χ1n) is 7.85. The summed E-state index contributed by atoms with van der Waals surface area (Å²) in [6, 6.07) is 3.17. The summed E-state index contributed by atoms with van der Waals surface area (Å²) in [5.41, 5.74) is -1.69. The third-order valence-electron chi connectivity index (χ3n) is 4.04. The molecule has 0 bridgehead atoms. The summed E-state index contributed by atoms with van der Waals surface area (Å²) < 4.78 is 15.4. The normalized spacial score (nSPS) is 27.0. The van der Waals surface area contributed by atoms with E-state index in [9.17, 15) is 19.8 Å². The second kappa shape index (κ2) is 7.09. The molecule has 0 radical (unpaired) electrons. The van der Waals surface area contributed by atoms with Crippen molar-refractivity contribution in [3.63, 3.8) is 0 Å². The second-order valence-corrected chi connectivity index (χ2v) is 5.84. The Hall–Kier alpha value is -2.28. The van der Waals surface area contributed by atoms with E-state index < -0.39 is 29.4 Å². The third-order valence-corrected chi connectivity index (χ3v) is 4.04. The van der Waals surface area contributed by atoms with Gasteiger partial charge in [0.05, 0.1) is 36.6 Å². The molecule has 0 saturated heterocycles. The first-order chi connectivity index (χ1) is 11.3. The third kappa shape index (κ3) is 3.31. The van der Waals surface area contributed by atoms with Gasteiger partial charge in [-0.15, -0.1) is 0 Å². The van der Waals surface area contributed by atoms with Crippen molar-refractivity contribution in [2.24, 2.45) is 5.92 Å².